The van der Waals surface area contributed by atoms with E-state index in [-0.39, 0.29) is 23.2 Å². The van der Waals surface area contributed by atoms with Gasteiger partial charge in [-0.1, -0.05) is 37.0 Å². The Bertz CT molecular complexity index is 510. The molecule has 2 N–H and O–H groups in total. The molecule has 1 aromatic rings. The smallest absolute Gasteiger partial charge is 0.321 e. The van der Waals surface area contributed by atoms with Crippen LogP contribution in [0.3, 0.4) is 0 Å². The Kier molecular flexibility index (Phi) is 6.31. The maximum absolute atomic E-state index is 12.1. The van der Waals surface area contributed by atoms with Crippen molar-refractivity contribution >= 4 is 23.7 Å². The molecule has 120 valence electrons. The van der Waals surface area contributed by atoms with Gasteiger partial charge in [0.15, 0.2) is 0 Å². The van der Waals surface area contributed by atoms with Crippen molar-refractivity contribution in [3.8, 4) is 0 Å². The Morgan fingerprint density at radius 3 is 2.41 bits per heavy atom. The first-order valence-electron chi connectivity index (χ1n) is 7.89. The fourth-order valence-electron chi connectivity index (χ4n) is 2.56. The summed E-state index contributed by atoms with van der Waals surface area (Å²) >= 11 is 1.46. The fraction of sp³-hybridized carbons (Fsp3) is 0.529. The highest BCUT2D eigenvalue weighted by Crippen LogP contribution is 2.23. The van der Waals surface area contributed by atoms with Gasteiger partial charge in [0.1, 0.15) is 0 Å². The number of benzene rings is 1. The average molecular weight is 320 g/mol. The predicted molar refractivity (Wildman–Crippen MR) is 90.0 cm³/mol. The lowest BCUT2D eigenvalue weighted by molar-refractivity contribution is -0.119. The molecule has 0 heterocycles. The Hall–Kier alpha value is -1.49. The maximum atomic E-state index is 12.1. The summed E-state index contributed by atoms with van der Waals surface area (Å²) in [5.74, 6) is -0.251. The average Bonchev–Trinajstić information content (AvgIpc) is 2.50. The van der Waals surface area contributed by atoms with E-state index in [4.69, 9.17) is 0 Å². The number of carbonyl (C=O) groups is 2. The molecule has 4 nitrogen and oxygen atoms in total. The van der Waals surface area contributed by atoms with Gasteiger partial charge in [-0.2, -0.15) is 0 Å². The molecule has 0 spiro atoms. The van der Waals surface area contributed by atoms with Crippen LogP contribution in [-0.4, -0.2) is 23.2 Å². The van der Waals surface area contributed by atoms with Crippen molar-refractivity contribution < 1.29 is 9.59 Å². The van der Waals surface area contributed by atoms with Crippen LogP contribution in [0.1, 0.15) is 44.6 Å². The minimum atomic E-state index is -0.367. The predicted octanol–water partition coefficient (Wildman–Crippen LogP) is 3.63. The van der Waals surface area contributed by atoms with Gasteiger partial charge in [0.05, 0.1) is 5.25 Å². The molecule has 1 unspecified atom stereocenters. The third-order valence-electron chi connectivity index (χ3n) is 3.88. The minimum Gasteiger partial charge on any atom is -0.335 e. The Morgan fingerprint density at radius 1 is 1.14 bits per heavy atom. The number of hydrogen-bond acceptors (Lipinski definition) is 3. The van der Waals surface area contributed by atoms with Gasteiger partial charge < -0.3 is 5.32 Å². The molecule has 0 aromatic heterocycles. The molecular formula is C17H24N2O2S. The minimum absolute atomic E-state index is 0.210. The number of thioether (sulfide) groups is 1. The molecule has 0 aliphatic heterocycles. The molecule has 5 heteroatoms. The molecule has 0 saturated heterocycles. The molecule has 1 aromatic carbocycles. The van der Waals surface area contributed by atoms with Gasteiger partial charge in [-0.05, 0) is 38.8 Å². The van der Waals surface area contributed by atoms with E-state index in [1.165, 1.54) is 23.7 Å². The summed E-state index contributed by atoms with van der Waals surface area (Å²) in [5, 5.41) is 5.04. The van der Waals surface area contributed by atoms with Crippen LogP contribution in [0.15, 0.2) is 29.2 Å². The topological polar surface area (TPSA) is 58.2 Å². The van der Waals surface area contributed by atoms with E-state index < -0.39 is 0 Å². The van der Waals surface area contributed by atoms with E-state index >= 15 is 0 Å². The van der Waals surface area contributed by atoms with Gasteiger partial charge in [-0.25, -0.2) is 4.79 Å². The van der Waals surface area contributed by atoms with Crippen molar-refractivity contribution in [2.24, 2.45) is 0 Å². The number of urea groups is 1. The SMILES string of the molecule is Cc1ccc(SC(C)C(=O)NC(=O)NC2CCCCC2)cc1. The lowest BCUT2D eigenvalue weighted by Gasteiger charge is -2.23. The van der Waals surface area contributed by atoms with Crippen molar-refractivity contribution in [1.82, 2.24) is 10.6 Å². The van der Waals surface area contributed by atoms with Crippen LogP contribution in [-0.2, 0) is 4.79 Å². The number of rotatable bonds is 4. The summed E-state index contributed by atoms with van der Waals surface area (Å²) in [6.45, 7) is 3.84. The highest BCUT2D eigenvalue weighted by Gasteiger charge is 2.20. The molecule has 1 atom stereocenters. The van der Waals surface area contributed by atoms with E-state index in [0.717, 1.165) is 30.6 Å². The standard InChI is InChI=1S/C17H24N2O2S/c1-12-8-10-15(11-9-12)22-13(2)16(20)19-17(21)18-14-6-4-3-5-7-14/h8-11,13-14H,3-7H2,1-2H3,(H2,18,19,20,21). The van der Waals surface area contributed by atoms with Gasteiger partial charge in [0.2, 0.25) is 5.91 Å². The lowest BCUT2D eigenvalue weighted by Crippen LogP contribution is -2.47. The van der Waals surface area contributed by atoms with E-state index in [2.05, 4.69) is 10.6 Å². The molecule has 22 heavy (non-hydrogen) atoms. The quantitative estimate of drug-likeness (QED) is 0.833. The number of hydrogen-bond donors (Lipinski definition) is 2. The summed E-state index contributed by atoms with van der Waals surface area (Å²) in [7, 11) is 0. The number of nitrogens with one attached hydrogen (secondary N) is 2. The van der Waals surface area contributed by atoms with Gasteiger partial charge in [0.25, 0.3) is 0 Å². The van der Waals surface area contributed by atoms with Gasteiger partial charge in [0, 0.05) is 10.9 Å². The molecule has 3 amide bonds. The van der Waals surface area contributed by atoms with E-state index in [1.807, 2.05) is 38.1 Å². The highest BCUT2D eigenvalue weighted by atomic mass is 32.2. The second kappa shape index (κ2) is 8.22. The number of imide groups is 1. The van der Waals surface area contributed by atoms with Crippen molar-refractivity contribution in [3.63, 3.8) is 0 Å². The van der Waals surface area contributed by atoms with Crippen LogP contribution in [0.2, 0.25) is 0 Å². The van der Waals surface area contributed by atoms with Gasteiger partial charge in [-0.15, -0.1) is 11.8 Å². The van der Waals surface area contributed by atoms with Crippen molar-refractivity contribution in [2.75, 3.05) is 0 Å². The normalized spacial score (nSPS) is 16.8. The van der Waals surface area contributed by atoms with Gasteiger partial charge in [-0.3, -0.25) is 10.1 Å². The van der Waals surface area contributed by atoms with Gasteiger partial charge >= 0.3 is 6.03 Å². The Morgan fingerprint density at radius 2 is 1.77 bits per heavy atom. The van der Waals surface area contributed by atoms with Crippen LogP contribution in [0.5, 0.6) is 0 Å². The maximum Gasteiger partial charge on any atom is 0.321 e. The van der Waals surface area contributed by atoms with Crippen molar-refractivity contribution in [3.05, 3.63) is 29.8 Å². The highest BCUT2D eigenvalue weighted by molar-refractivity contribution is 8.00. The van der Waals surface area contributed by atoms with Crippen LogP contribution in [0.4, 0.5) is 4.79 Å². The third-order valence-corrected chi connectivity index (χ3v) is 4.99. The zero-order valence-corrected chi connectivity index (χ0v) is 14.0. The summed E-state index contributed by atoms with van der Waals surface area (Å²) in [6.07, 6.45) is 5.56. The van der Waals surface area contributed by atoms with Crippen LogP contribution in [0.25, 0.3) is 0 Å². The monoisotopic (exact) mass is 320 g/mol. The molecule has 1 aliphatic carbocycles. The van der Waals surface area contributed by atoms with E-state index in [9.17, 15) is 9.59 Å². The molecular weight excluding hydrogens is 296 g/mol. The number of aryl methyl sites for hydroxylation is 1. The van der Waals surface area contributed by atoms with Crippen LogP contribution in [0, 0.1) is 6.92 Å². The molecule has 2 rings (SSSR count). The zero-order chi connectivity index (χ0) is 15.9. The first-order chi connectivity index (χ1) is 10.5. The Labute approximate surface area is 136 Å². The summed E-state index contributed by atoms with van der Waals surface area (Å²) in [4.78, 5) is 25.0. The molecule has 1 saturated carbocycles. The summed E-state index contributed by atoms with van der Waals surface area (Å²) < 4.78 is 0. The zero-order valence-electron chi connectivity index (χ0n) is 13.2. The van der Waals surface area contributed by atoms with Crippen molar-refractivity contribution in [2.45, 2.75) is 62.1 Å². The molecule has 0 radical (unpaired) electrons. The first-order valence-corrected chi connectivity index (χ1v) is 8.77. The largest absolute Gasteiger partial charge is 0.335 e. The van der Waals surface area contributed by atoms with E-state index in [1.54, 1.807) is 0 Å². The number of carbonyl (C=O) groups excluding carboxylic acids is 2. The van der Waals surface area contributed by atoms with E-state index in [0.29, 0.717) is 0 Å². The lowest BCUT2D eigenvalue weighted by atomic mass is 9.96. The summed E-state index contributed by atoms with van der Waals surface area (Å²) in [6, 6.07) is 7.86. The van der Waals surface area contributed by atoms with Crippen molar-refractivity contribution in [1.29, 1.82) is 0 Å². The second-order valence-corrected chi connectivity index (χ2v) is 7.28. The van der Waals surface area contributed by atoms with Crippen LogP contribution < -0.4 is 10.6 Å². The fourth-order valence-corrected chi connectivity index (χ4v) is 3.42. The molecule has 1 fully saturated rings. The summed E-state index contributed by atoms with van der Waals surface area (Å²) in [5.41, 5.74) is 1.19. The first kappa shape index (κ1) is 16.9. The molecule has 1 aliphatic rings. The number of amides is 3. The second-order valence-electron chi connectivity index (χ2n) is 5.87. The Balaban J connectivity index is 1.77. The third kappa shape index (κ3) is 5.37. The van der Waals surface area contributed by atoms with Crippen LogP contribution >= 0.6 is 11.8 Å². The molecule has 0 bridgehead atoms.